The van der Waals surface area contributed by atoms with Gasteiger partial charge in [-0.1, -0.05) is 5.21 Å². The third-order valence-corrected chi connectivity index (χ3v) is 6.14. The molecule has 1 aliphatic heterocycles. The van der Waals surface area contributed by atoms with Gasteiger partial charge in [0.2, 0.25) is 0 Å². The van der Waals surface area contributed by atoms with Crippen molar-refractivity contribution in [2.24, 2.45) is 0 Å². The number of amides is 1. The Bertz CT molecular complexity index is 1530. The fourth-order valence-electron chi connectivity index (χ4n) is 4.32. The number of hydrogen-bond donors (Lipinski definition) is 1. The Morgan fingerprint density at radius 1 is 1.08 bits per heavy atom. The van der Waals surface area contributed by atoms with E-state index in [1.54, 1.807) is 18.3 Å². The van der Waals surface area contributed by atoms with E-state index in [2.05, 4.69) is 25.3 Å². The molecular formula is C24H20FN9O3. The topological polar surface area (TPSA) is 154 Å². The number of piperazine rings is 1. The van der Waals surface area contributed by atoms with Gasteiger partial charge >= 0.3 is 0 Å². The van der Waals surface area contributed by atoms with E-state index >= 15 is 0 Å². The maximum atomic E-state index is 14.7. The molecule has 0 bridgehead atoms. The molecular weight excluding hydrogens is 481 g/mol. The lowest BCUT2D eigenvalue weighted by molar-refractivity contribution is -0.126. The molecule has 1 saturated heterocycles. The minimum Gasteiger partial charge on any atom is -0.357 e. The summed E-state index contributed by atoms with van der Waals surface area (Å²) in [5.41, 5.74) is 0.536. The van der Waals surface area contributed by atoms with Gasteiger partial charge in [-0.25, -0.2) is 19.0 Å². The average molecular weight is 501 g/mol. The zero-order valence-corrected chi connectivity index (χ0v) is 19.5. The van der Waals surface area contributed by atoms with Crippen molar-refractivity contribution in [1.29, 1.82) is 5.26 Å². The van der Waals surface area contributed by atoms with E-state index < -0.39 is 17.5 Å². The van der Waals surface area contributed by atoms with Crippen LogP contribution in [0, 0.1) is 17.1 Å². The van der Waals surface area contributed by atoms with Crippen LogP contribution < -0.4 is 4.90 Å². The van der Waals surface area contributed by atoms with Crippen LogP contribution in [0.15, 0.2) is 43.1 Å². The number of fused-ring (bicyclic) bond motifs is 1. The minimum absolute atomic E-state index is 0.0495. The maximum Gasteiger partial charge on any atom is 0.295 e. The molecule has 0 unspecified atom stereocenters. The van der Waals surface area contributed by atoms with E-state index in [9.17, 15) is 18.8 Å². The van der Waals surface area contributed by atoms with Crippen molar-refractivity contribution in [2.75, 3.05) is 31.1 Å². The monoisotopic (exact) mass is 501 g/mol. The summed E-state index contributed by atoms with van der Waals surface area (Å²) in [4.78, 5) is 53.2. The Balaban J connectivity index is 1.33. The summed E-state index contributed by atoms with van der Waals surface area (Å²) < 4.78 is 16.0. The third-order valence-electron chi connectivity index (χ3n) is 6.14. The van der Waals surface area contributed by atoms with Crippen LogP contribution in [0.25, 0.3) is 16.7 Å². The number of rotatable bonds is 7. The third kappa shape index (κ3) is 4.40. The van der Waals surface area contributed by atoms with Gasteiger partial charge in [0, 0.05) is 51.4 Å². The van der Waals surface area contributed by atoms with Crippen LogP contribution in [0.4, 0.5) is 10.2 Å². The van der Waals surface area contributed by atoms with Gasteiger partial charge in [0.1, 0.15) is 5.82 Å². The number of nitriles is 1. The van der Waals surface area contributed by atoms with Crippen molar-refractivity contribution in [3.8, 4) is 11.9 Å². The second-order valence-electron chi connectivity index (χ2n) is 8.29. The number of pyridine rings is 2. The highest BCUT2D eigenvalue weighted by molar-refractivity contribution is 6.45. The number of H-pyrrole nitrogens is 1. The van der Waals surface area contributed by atoms with Gasteiger partial charge in [0.25, 0.3) is 11.7 Å². The van der Waals surface area contributed by atoms with Gasteiger partial charge in [-0.2, -0.15) is 5.26 Å². The van der Waals surface area contributed by atoms with Crippen molar-refractivity contribution in [1.82, 2.24) is 34.8 Å². The second-order valence-corrected chi connectivity index (χ2v) is 8.29. The summed E-state index contributed by atoms with van der Waals surface area (Å²) in [5, 5.41) is 16.3. The summed E-state index contributed by atoms with van der Waals surface area (Å²) >= 11 is 0. The zero-order chi connectivity index (χ0) is 25.9. The van der Waals surface area contributed by atoms with E-state index in [1.807, 2.05) is 11.0 Å². The maximum absolute atomic E-state index is 14.7. The van der Waals surface area contributed by atoms with Gasteiger partial charge in [-0.05, 0) is 12.1 Å². The van der Waals surface area contributed by atoms with Gasteiger partial charge in [-0.15, -0.1) is 5.10 Å². The van der Waals surface area contributed by atoms with Gasteiger partial charge in [-0.3, -0.25) is 14.4 Å². The molecule has 0 saturated carbocycles. The average Bonchev–Trinajstić information content (AvgIpc) is 3.63. The molecule has 12 nitrogen and oxygen atoms in total. The SMILES string of the molecule is N#CCCC(=O)c1cccnc1N1CCN(C(=O)C(=O)c2c[nH]c3c(-n4ccnn4)ncc(F)c23)CC1. The second kappa shape index (κ2) is 9.94. The Hall–Kier alpha value is -4.99. The standard InChI is InChI=1S/C24H20FN9O3/c25-17-14-29-23(34-8-7-30-31-34)20-19(17)16(13-28-20)21(36)24(37)33-11-9-32(10-12-33)22-15(3-2-6-27-22)18(35)4-1-5-26/h2-3,6-8,13-14,28H,1,4,9-12H2. The molecule has 0 aliphatic carbocycles. The lowest BCUT2D eigenvalue weighted by Gasteiger charge is -2.35. The highest BCUT2D eigenvalue weighted by Gasteiger charge is 2.31. The van der Waals surface area contributed by atoms with Crippen molar-refractivity contribution >= 4 is 34.2 Å². The molecule has 37 heavy (non-hydrogen) atoms. The van der Waals surface area contributed by atoms with Crippen molar-refractivity contribution < 1.29 is 18.8 Å². The molecule has 0 aromatic carbocycles. The van der Waals surface area contributed by atoms with E-state index in [-0.39, 0.29) is 54.0 Å². The first kappa shape index (κ1) is 23.7. The number of aromatic amines is 1. The fraction of sp³-hybridized carbons (Fsp3) is 0.250. The first-order valence-corrected chi connectivity index (χ1v) is 11.5. The number of halogens is 1. The summed E-state index contributed by atoms with van der Waals surface area (Å²) in [5.74, 6) is -1.81. The molecule has 1 N–H and O–H groups in total. The number of anilines is 1. The molecule has 5 rings (SSSR count). The van der Waals surface area contributed by atoms with Crippen LogP contribution in [0.2, 0.25) is 0 Å². The molecule has 0 atom stereocenters. The molecule has 0 radical (unpaired) electrons. The summed E-state index contributed by atoms with van der Waals surface area (Å²) in [6.45, 7) is 1.11. The van der Waals surface area contributed by atoms with Gasteiger partial charge in [0.15, 0.2) is 17.4 Å². The first-order chi connectivity index (χ1) is 18.0. The molecule has 186 valence electrons. The van der Waals surface area contributed by atoms with Crippen LogP contribution in [0.5, 0.6) is 0 Å². The van der Waals surface area contributed by atoms with Crippen LogP contribution in [-0.2, 0) is 4.79 Å². The smallest absolute Gasteiger partial charge is 0.295 e. The van der Waals surface area contributed by atoms with Crippen molar-refractivity contribution in [3.63, 3.8) is 0 Å². The van der Waals surface area contributed by atoms with E-state index in [0.717, 1.165) is 6.20 Å². The highest BCUT2D eigenvalue weighted by atomic mass is 19.1. The molecule has 1 fully saturated rings. The van der Waals surface area contributed by atoms with E-state index in [4.69, 9.17) is 5.26 Å². The molecule has 5 heterocycles. The number of hydrogen-bond acceptors (Lipinski definition) is 9. The largest absolute Gasteiger partial charge is 0.357 e. The molecule has 4 aromatic heterocycles. The molecule has 1 aliphatic rings. The summed E-state index contributed by atoms with van der Waals surface area (Å²) in [7, 11) is 0. The quantitative estimate of drug-likeness (QED) is 0.294. The van der Waals surface area contributed by atoms with Gasteiger partial charge in [0.05, 0.1) is 46.7 Å². The molecule has 13 heteroatoms. The number of nitrogens with zero attached hydrogens (tertiary/aromatic N) is 8. The Morgan fingerprint density at radius 3 is 2.62 bits per heavy atom. The predicted octanol–water partition coefficient (Wildman–Crippen LogP) is 1.70. The lowest BCUT2D eigenvalue weighted by atomic mass is 10.1. The molecule has 0 spiro atoms. The highest BCUT2D eigenvalue weighted by Crippen LogP contribution is 2.27. The number of carbonyl (C=O) groups excluding carboxylic acids is 3. The van der Waals surface area contributed by atoms with Crippen LogP contribution >= 0.6 is 0 Å². The fourth-order valence-corrected chi connectivity index (χ4v) is 4.32. The van der Waals surface area contributed by atoms with Crippen molar-refractivity contribution in [3.05, 3.63) is 60.1 Å². The molecule has 4 aromatic rings. The summed E-state index contributed by atoms with van der Waals surface area (Å²) in [6, 6.07) is 5.29. The number of aromatic nitrogens is 6. The Labute approximate surface area is 209 Å². The van der Waals surface area contributed by atoms with Gasteiger partial charge < -0.3 is 14.8 Å². The Morgan fingerprint density at radius 2 is 1.89 bits per heavy atom. The molecule has 1 amide bonds. The normalized spacial score (nSPS) is 13.5. The number of nitrogens with one attached hydrogen (secondary N) is 1. The summed E-state index contributed by atoms with van der Waals surface area (Å²) in [6.07, 6.45) is 7.00. The minimum atomic E-state index is -0.848. The Kier molecular flexibility index (Phi) is 6.38. The number of Topliss-reactive ketones (excluding diaryl/α,β-unsaturated/α-hetero) is 2. The lowest BCUT2D eigenvalue weighted by Crippen LogP contribution is -2.51. The van der Waals surface area contributed by atoms with Crippen LogP contribution in [0.1, 0.15) is 33.6 Å². The number of ketones is 2. The van der Waals surface area contributed by atoms with Crippen LogP contribution in [-0.4, -0.2) is 78.5 Å². The predicted molar refractivity (Wildman–Crippen MR) is 128 cm³/mol. The van der Waals surface area contributed by atoms with E-state index in [0.29, 0.717) is 24.5 Å². The van der Waals surface area contributed by atoms with Crippen molar-refractivity contribution in [2.45, 2.75) is 12.8 Å². The zero-order valence-electron chi connectivity index (χ0n) is 19.5. The van der Waals surface area contributed by atoms with Crippen LogP contribution in [0.3, 0.4) is 0 Å². The first-order valence-electron chi connectivity index (χ1n) is 11.5. The van der Waals surface area contributed by atoms with E-state index in [1.165, 1.54) is 28.2 Å². The number of carbonyl (C=O) groups is 3.